The van der Waals surface area contributed by atoms with Crippen LogP contribution in [0.3, 0.4) is 0 Å². The van der Waals surface area contributed by atoms with Crippen LogP contribution in [0.15, 0.2) is 48.5 Å². The van der Waals surface area contributed by atoms with Crippen LogP contribution < -0.4 is 15.5 Å². The van der Waals surface area contributed by atoms with E-state index in [0.29, 0.717) is 49.4 Å². The highest BCUT2D eigenvalue weighted by molar-refractivity contribution is 6.05. The molecule has 2 saturated heterocycles. The second kappa shape index (κ2) is 8.22. The zero-order chi connectivity index (χ0) is 22.0. The number of ether oxygens (including phenoxy) is 1. The highest BCUT2D eigenvalue weighted by atomic mass is 16.6. The maximum absolute atomic E-state index is 12.6. The number of carbonyl (C=O) groups excluding carboxylic acids is 4. The molecule has 2 aromatic rings. The number of benzene rings is 2. The average Bonchev–Trinajstić information content (AvgIpc) is 3.21. The molecule has 2 aliphatic heterocycles. The molecule has 0 bridgehead atoms. The molecule has 160 valence electrons. The van der Waals surface area contributed by atoms with Gasteiger partial charge in [-0.15, -0.1) is 0 Å². The number of anilines is 2. The summed E-state index contributed by atoms with van der Waals surface area (Å²) in [6, 6.07) is 13.9. The quantitative estimate of drug-likeness (QED) is 0.722. The minimum atomic E-state index is -0.733. The summed E-state index contributed by atoms with van der Waals surface area (Å²) in [5.74, 6) is -0.801. The van der Waals surface area contributed by atoms with Crippen LogP contribution in [0.5, 0.6) is 0 Å². The molecule has 0 aliphatic carbocycles. The van der Waals surface area contributed by atoms with Gasteiger partial charge in [0, 0.05) is 23.4 Å². The van der Waals surface area contributed by atoms with Gasteiger partial charge in [-0.2, -0.15) is 0 Å². The summed E-state index contributed by atoms with van der Waals surface area (Å²) in [4.78, 5) is 49.8. The van der Waals surface area contributed by atoms with Crippen molar-refractivity contribution < 1.29 is 23.9 Å². The Kier molecular flexibility index (Phi) is 5.46. The number of hydrogen-bond acceptors (Lipinski definition) is 5. The molecule has 4 amide bonds. The Balaban J connectivity index is 1.45. The molecular formula is C23H23N3O5. The average molecular weight is 421 g/mol. The second-order valence-electron chi connectivity index (χ2n) is 7.66. The first-order chi connectivity index (χ1) is 14.9. The lowest BCUT2D eigenvalue weighted by Crippen LogP contribution is -2.51. The lowest BCUT2D eigenvalue weighted by atomic mass is 9.72. The van der Waals surface area contributed by atoms with Crippen molar-refractivity contribution in [1.82, 2.24) is 5.32 Å². The van der Waals surface area contributed by atoms with Gasteiger partial charge in [-0.05, 0) is 54.8 Å². The zero-order valence-electron chi connectivity index (χ0n) is 17.1. The van der Waals surface area contributed by atoms with Gasteiger partial charge in [0.15, 0.2) is 0 Å². The Labute approximate surface area is 179 Å². The molecule has 31 heavy (non-hydrogen) atoms. The third kappa shape index (κ3) is 3.88. The van der Waals surface area contributed by atoms with E-state index in [9.17, 15) is 19.2 Å². The Morgan fingerprint density at radius 3 is 2.39 bits per heavy atom. The third-order valence-electron chi connectivity index (χ3n) is 5.97. The molecule has 0 spiro atoms. The van der Waals surface area contributed by atoms with Crippen molar-refractivity contribution in [2.45, 2.75) is 31.6 Å². The number of imide groups is 1. The molecule has 2 aliphatic rings. The van der Waals surface area contributed by atoms with Crippen LogP contribution in [0.4, 0.5) is 16.2 Å². The van der Waals surface area contributed by atoms with E-state index < -0.39 is 11.5 Å². The number of cyclic esters (lactones) is 1. The Bertz CT molecular complexity index is 1030. The first-order valence-electron chi connectivity index (χ1n) is 10.2. The van der Waals surface area contributed by atoms with Crippen LogP contribution in [0, 0.1) is 0 Å². The van der Waals surface area contributed by atoms with E-state index in [-0.39, 0.29) is 17.7 Å². The minimum Gasteiger partial charge on any atom is -0.447 e. The Morgan fingerprint density at radius 1 is 1.10 bits per heavy atom. The molecule has 2 N–H and O–H groups in total. The molecule has 1 unspecified atom stereocenters. The normalized spacial score (nSPS) is 20.9. The SMILES string of the molecule is CCC1(c2ccc(NC(=O)c3ccc(N4CCOC4=O)cc3)cc2)CCC(=O)NC1=O. The van der Waals surface area contributed by atoms with Crippen LogP contribution in [-0.4, -0.2) is 37.0 Å². The van der Waals surface area contributed by atoms with Gasteiger partial charge in [-0.25, -0.2) is 4.79 Å². The number of nitrogens with one attached hydrogen (secondary N) is 2. The highest BCUT2D eigenvalue weighted by Crippen LogP contribution is 2.36. The van der Waals surface area contributed by atoms with E-state index in [4.69, 9.17) is 4.74 Å². The predicted molar refractivity (Wildman–Crippen MR) is 114 cm³/mol. The minimum absolute atomic E-state index is 0.245. The van der Waals surface area contributed by atoms with Crippen LogP contribution in [0.1, 0.15) is 42.1 Å². The molecule has 2 fully saturated rings. The lowest BCUT2D eigenvalue weighted by molar-refractivity contribution is -0.138. The first kappa shape index (κ1) is 20.6. The molecule has 2 heterocycles. The van der Waals surface area contributed by atoms with E-state index in [2.05, 4.69) is 10.6 Å². The van der Waals surface area contributed by atoms with Gasteiger partial charge in [0.2, 0.25) is 11.8 Å². The molecule has 8 heteroatoms. The summed E-state index contributed by atoms with van der Waals surface area (Å²) in [6.07, 6.45) is 0.965. The van der Waals surface area contributed by atoms with Crippen LogP contribution in [0.2, 0.25) is 0 Å². The van der Waals surface area contributed by atoms with Gasteiger partial charge >= 0.3 is 6.09 Å². The fraction of sp³-hybridized carbons (Fsp3) is 0.304. The molecule has 0 radical (unpaired) electrons. The smallest absolute Gasteiger partial charge is 0.414 e. The molecule has 1 atom stereocenters. The van der Waals surface area contributed by atoms with Crippen molar-refractivity contribution >= 4 is 35.2 Å². The number of rotatable bonds is 5. The van der Waals surface area contributed by atoms with Gasteiger partial charge in [0.05, 0.1) is 12.0 Å². The summed E-state index contributed by atoms with van der Waals surface area (Å²) in [7, 11) is 0. The Hall–Kier alpha value is -3.68. The Morgan fingerprint density at radius 2 is 1.81 bits per heavy atom. The van der Waals surface area contributed by atoms with Crippen LogP contribution >= 0.6 is 0 Å². The molecule has 2 aromatic carbocycles. The van der Waals surface area contributed by atoms with E-state index in [1.165, 1.54) is 4.90 Å². The largest absolute Gasteiger partial charge is 0.447 e. The van der Waals surface area contributed by atoms with Gasteiger partial charge < -0.3 is 10.1 Å². The molecule has 0 aromatic heterocycles. The number of nitrogens with zero attached hydrogens (tertiary/aromatic N) is 1. The summed E-state index contributed by atoms with van der Waals surface area (Å²) in [5.41, 5.74) is 1.82. The van der Waals surface area contributed by atoms with Crippen molar-refractivity contribution in [1.29, 1.82) is 0 Å². The number of piperidine rings is 1. The van der Waals surface area contributed by atoms with Crippen molar-refractivity contribution in [3.63, 3.8) is 0 Å². The van der Waals surface area contributed by atoms with Crippen molar-refractivity contribution in [3.8, 4) is 0 Å². The summed E-state index contributed by atoms with van der Waals surface area (Å²) in [6.45, 7) is 2.77. The number of hydrogen-bond donors (Lipinski definition) is 2. The monoisotopic (exact) mass is 421 g/mol. The summed E-state index contributed by atoms with van der Waals surface area (Å²) >= 11 is 0. The lowest BCUT2D eigenvalue weighted by Gasteiger charge is -2.35. The van der Waals surface area contributed by atoms with Crippen molar-refractivity contribution in [2.75, 3.05) is 23.4 Å². The van der Waals surface area contributed by atoms with Gasteiger partial charge in [0.25, 0.3) is 5.91 Å². The fourth-order valence-corrected chi connectivity index (χ4v) is 4.06. The number of amides is 4. The molecule has 8 nitrogen and oxygen atoms in total. The highest BCUT2D eigenvalue weighted by Gasteiger charge is 2.42. The standard InChI is InChI=1S/C23H23N3O5/c1-2-23(12-11-19(27)25-21(23)29)16-5-7-17(8-6-16)24-20(28)15-3-9-18(10-4-15)26-13-14-31-22(26)30/h3-10H,2,11-14H2,1H3,(H,24,28)(H,25,27,29). The zero-order valence-corrected chi connectivity index (χ0v) is 17.1. The topological polar surface area (TPSA) is 105 Å². The van der Waals surface area contributed by atoms with Crippen LogP contribution in [0.25, 0.3) is 0 Å². The maximum Gasteiger partial charge on any atom is 0.414 e. The van der Waals surface area contributed by atoms with Crippen LogP contribution in [-0.2, 0) is 19.7 Å². The first-order valence-corrected chi connectivity index (χ1v) is 10.2. The van der Waals surface area contributed by atoms with E-state index in [1.807, 2.05) is 19.1 Å². The second-order valence-corrected chi connectivity index (χ2v) is 7.66. The van der Waals surface area contributed by atoms with Crippen molar-refractivity contribution in [3.05, 3.63) is 59.7 Å². The van der Waals surface area contributed by atoms with Gasteiger partial charge in [-0.1, -0.05) is 19.1 Å². The predicted octanol–water partition coefficient (Wildman–Crippen LogP) is 2.98. The summed E-state index contributed by atoms with van der Waals surface area (Å²) in [5, 5.41) is 5.27. The van der Waals surface area contributed by atoms with E-state index in [1.54, 1.807) is 36.4 Å². The fourth-order valence-electron chi connectivity index (χ4n) is 4.06. The van der Waals surface area contributed by atoms with Crippen molar-refractivity contribution in [2.24, 2.45) is 0 Å². The number of carbonyl (C=O) groups is 4. The van der Waals surface area contributed by atoms with Gasteiger partial charge in [0.1, 0.15) is 6.61 Å². The summed E-state index contributed by atoms with van der Waals surface area (Å²) < 4.78 is 4.92. The molecule has 0 saturated carbocycles. The van der Waals surface area contributed by atoms with E-state index in [0.717, 1.165) is 5.56 Å². The third-order valence-corrected chi connectivity index (χ3v) is 5.97. The van der Waals surface area contributed by atoms with E-state index >= 15 is 0 Å². The maximum atomic E-state index is 12.6. The molecule has 4 rings (SSSR count). The van der Waals surface area contributed by atoms with Gasteiger partial charge in [-0.3, -0.25) is 24.6 Å². The molecular weight excluding hydrogens is 398 g/mol.